The second kappa shape index (κ2) is 7.69. The molecule has 2 heterocycles. The van der Waals surface area contributed by atoms with Gasteiger partial charge in [0.05, 0.1) is 6.54 Å². The maximum absolute atomic E-state index is 14.2. The summed E-state index contributed by atoms with van der Waals surface area (Å²) in [5.41, 5.74) is 1.98. The molecule has 1 spiro atoms. The molecule has 3 aromatic rings. The topological polar surface area (TPSA) is 57.5 Å². The Labute approximate surface area is 179 Å². The Morgan fingerprint density at radius 2 is 1.61 bits per heavy atom. The number of nitrogens with zero attached hydrogens (tertiary/aromatic N) is 1. The fourth-order valence-electron chi connectivity index (χ4n) is 4.45. The Morgan fingerprint density at radius 3 is 2.35 bits per heavy atom. The number of carbonyl (C=O) groups excluding carboxylic acids is 2. The molecule has 2 aromatic carbocycles. The molecule has 0 unspecified atom stereocenters. The van der Waals surface area contributed by atoms with Crippen molar-refractivity contribution in [1.82, 2.24) is 4.57 Å². The van der Waals surface area contributed by atoms with Gasteiger partial charge in [0.25, 0.3) is 5.79 Å². The molecule has 31 heavy (non-hydrogen) atoms. The number of hydrogen-bond acceptors (Lipinski definition) is 4. The van der Waals surface area contributed by atoms with Crippen LogP contribution in [0.15, 0.2) is 60.3 Å². The number of halogens is 1. The Bertz CT molecular complexity index is 1180. The van der Waals surface area contributed by atoms with Crippen LogP contribution >= 0.6 is 0 Å². The maximum atomic E-state index is 14.2. The molecule has 2 fully saturated rings. The zero-order chi connectivity index (χ0) is 21.4. The van der Waals surface area contributed by atoms with E-state index in [1.54, 1.807) is 18.2 Å². The minimum atomic E-state index is -1.11. The number of fused-ring (bicyclic) bond motifs is 1. The van der Waals surface area contributed by atoms with E-state index in [4.69, 9.17) is 9.47 Å². The van der Waals surface area contributed by atoms with E-state index < -0.39 is 17.7 Å². The highest BCUT2D eigenvalue weighted by Gasteiger charge is 2.46. The first kappa shape index (κ1) is 19.5. The maximum Gasteiger partial charge on any atom is 0.348 e. The molecule has 6 heteroatoms. The highest BCUT2D eigenvalue weighted by molar-refractivity contribution is 6.19. The number of esters is 2. The Kier molecular flexibility index (Phi) is 4.85. The summed E-state index contributed by atoms with van der Waals surface area (Å²) in [7, 11) is 0. The van der Waals surface area contributed by atoms with Crippen molar-refractivity contribution in [3.8, 4) is 0 Å². The molecule has 0 atom stereocenters. The zero-order valence-corrected chi connectivity index (χ0v) is 17.0. The molecule has 1 saturated heterocycles. The molecule has 1 aliphatic heterocycles. The lowest BCUT2D eigenvalue weighted by molar-refractivity contribution is -0.244. The van der Waals surface area contributed by atoms with E-state index in [0.717, 1.165) is 30.2 Å². The van der Waals surface area contributed by atoms with Crippen LogP contribution in [0.25, 0.3) is 17.0 Å². The van der Waals surface area contributed by atoms with Crippen molar-refractivity contribution in [3.05, 3.63) is 77.2 Å². The second-order valence-corrected chi connectivity index (χ2v) is 8.13. The van der Waals surface area contributed by atoms with Crippen LogP contribution in [0.5, 0.6) is 0 Å². The predicted molar refractivity (Wildman–Crippen MR) is 113 cm³/mol. The number of ether oxygens (including phenoxy) is 2. The van der Waals surface area contributed by atoms with E-state index in [-0.39, 0.29) is 11.4 Å². The standard InChI is InChI=1S/C25H22FNO4/c26-21-10-4-2-8-17(21)15-27-16-18(19-9-3-5-11-22(19)27)14-20-23(28)30-25(31-24(20)29)12-6-1-7-13-25/h2-5,8-11,14,16H,1,6-7,12-13,15H2. The summed E-state index contributed by atoms with van der Waals surface area (Å²) in [5, 5.41) is 0.852. The summed E-state index contributed by atoms with van der Waals surface area (Å²) in [4.78, 5) is 25.4. The average Bonchev–Trinajstić information content (AvgIpc) is 3.10. The number of rotatable bonds is 3. The van der Waals surface area contributed by atoms with Gasteiger partial charge in [0.2, 0.25) is 0 Å². The Hall–Kier alpha value is -3.41. The van der Waals surface area contributed by atoms with E-state index in [1.807, 2.05) is 35.0 Å². The van der Waals surface area contributed by atoms with Gasteiger partial charge in [-0.1, -0.05) is 42.8 Å². The lowest BCUT2D eigenvalue weighted by atomic mass is 9.93. The van der Waals surface area contributed by atoms with Crippen molar-refractivity contribution in [1.29, 1.82) is 0 Å². The first-order valence-corrected chi connectivity index (χ1v) is 10.5. The Morgan fingerprint density at radius 1 is 0.935 bits per heavy atom. The lowest BCUT2D eigenvalue weighted by Crippen LogP contribution is -2.47. The highest BCUT2D eigenvalue weighted by Crippen LogP contribution is 2.37. The molecule has 1 aliphatic carbocycles. The Balaban J connectivity index is 1.51. The van der Waals surface area contributed by atoms with Crippen LogP contribution in [0.2, 0.25) is 0 Å². The summed E-state index contributed by atoms with van der Waals surface area (Å²) >= 11 is 0. The van der Waals surface area contributed by atoms with Gasteiger partial charge in [0, 0.05) is 41.1 Å². The van der Waals surface area contributed by atoms with Gasteiger partial charge >= 0.3 is 11.9 Å². The molecular weight excluding hydrogens is 397 g/mol. The van der Waals surface area contributed by atoms with Gasteiger partial charge < -0.3 is 14.0 Å². The molecular formula is C25H22FNO4. The van der Waals surface area contributed by atoms with Crippen molar-refractivity contribution in [2.24, 2.45) is 0 Å². The number of para-hydroxylation sites is 1. The smallest absolute Gasteiger partial charge is 0.348 e. The van der Waals surface area contributed by atoms with Crippen LogP contribution in [0.3, 0.4) is 0 Å². The molecule has 0 radical (unpaired) electrons. The average molecular weight is 419 g/mol. The van der Waals surface area contributed by atoms with Gasteiger partial charge in [-0.05, 0) is 31.1 Å². The van der Waals surface area contributed by atoms with Crippen LogP contribution in [-0.2, 0) is 25.6 Å². The summed E-state index contributed by atoms with van der Waals surface area (Å²) in [6, 6.07) is 14.2. The first-order chi connectivity index (χ1) is 15.0. The summed E-state index contributed by atoms with van der Waals surface area (Å²) in [6.45, 7) is 0.328. The molecule has 0 bridgehead atoms. The molecule has 1 saturated carbocycles. The van der Waals surface area contributed by atoms with E-state index in [2.05, 4.69) is 0 Å². The zero-order valence-electron chi connectivity index (χ0n) is 17.0. The molecule has 158 valence electrons. The van der Waals surface area contributed by atoms with E-state index >= 15 is 0 Å². The minimum Gasteiger partial charge on any atom is -0.419 e. The van der Waals surface area contributed by atoms with Crippen LogP contribution in [0.1, 0.15) is 43.2 Å². The molecule has 1 aromatic heterocycles. The van der Waals surface area contributed by atoms with Crippen LogP contribution in [0.4, 0.5) is 4.39 Å². The molecule has 0 amide bonds. The van der Waals surface area contributed by atoms with Crippen LogP contribution < -0.4 is 0 Å². The molecule has 2 aliphatic rings. The van der Waals surface area contributed by atoms with Crippen molar-refractivity contribution in [3.63, 3.8) is 0 Å². The van der Waals surface area contributed by atoms with Gasteiger partial charge in [0.15, 0.2) is 0 Å². The molecule has 5 nitrogen and oxygen atoms in total. The SMILES string of the molecule is O=C1OC2(CCCCC2)OC(=O)C1=Cc1cn(Cc2ccccc2F)c2ccccc12. The highest BCUT2D eigenvalue weighted by atomic mass is 19.1. The first-order valence-electron chi connectivity index (χ1n) is 10.5. The van der Waals surface area contributed by atoms with Crippen molar-refractivity contribution < 1.29 is 23.5 Å². The number of carbonyl (C=O) groups is 2. The fourth-order valence-corrected chi connectivity index (χ4v) is 4.45. The van der Waals surface area contributed by atoms with E-state index in [0.29, 0.717) is 30.5 Å². The third-order valence-corrected chi connectivity index (χ3v) is 6.03. The largest absolute Gasteiger partial charge is 0.419 e. The van der Waals surface area contributed by atoms with Gasteiger partial charge in [-0.3, -0.25) is 0 Å². The van der Waals surface area contributed by atoms with Crippen LogP contribution in [0, 0.1) is 5.82 Å². The summed E-state index contributed by atoms with van der Waals surface area (Å²) in [6.07, 6.45) is 7.18. The molecule has 5 rings (SSSR count). The van der Waals surface area contributed by atoms with Gasteiger partial charge in [-0.15, -0.1) is 0 Å². The third kappa shape index (κ3) is 3.63. The van der Waals surface area contributed by atoms with Crippen LogP contribution in [-0.4, -0.2) is 22.3 Å². The normalized spacial score (nSPS) is 18.2. The third-order valence-electron chi connectivity index (χ3n) is 6.03. The quantitative estimate of drug-likeness (QED) is 0.342. The number of benzene rings is 2. The van der Waals surface area contributed by atoms with Crippen molar-refractivity contribution >= 4 is 28.9 Å². The number of hydrogen-bond donors (Lipinski definition) is 0. The molecule has 0 N–H and O–H groups in total. The second-order valence-electron chi connectivity index (χ2n) is 8.13. The number of aromatic nitrogens is 1. The van der Waals surface area contributed by atoms with Crippen molar-refractivity contribution in [2.45, 2.75) is 44.4 Å². The predicted octanol–water partition coefficient (Wildman–Crippen LogP) is 4.97. The monoisotopic (exact) mass is 419 g/mol. The van der Waals surface area contributed by atoms with Gasteiger partial charge in [-0.25, -0.2) is 14.0 Å². The van der Waals surface area contributed by atoms with E-state index in [9.17, 15) is 14.0 Å². The van der Waals surface area contributed by atoms with Crippen molar-refractivity contribution in [2.75, 3.05) is 0 Å². The lowest BCUT2D eigenvalue weighted by Gasteiger charge is -2.38. The summed E-state index contributed by atoms with van der Waals surface area (Å²) < 4.78 is 27.3. The van der Waals surface area contributed by atoms with E-state index in [1.165, 1.54) is 12.1 Å². The van der Waals surface area contributed by atoms with Gasteiger partial charge in [0.1, 0.15) is 11.4 Å². The minimum absolute atomic E-state index is 0.120. The summed E-state index contributed by atoms with van der Waals surface area (Å²) in [5.74, 6) is -2.69. The fraction of sp³-hybridized carbons (Fsp3) is 0.280. The van der Waals surface area contributed by atoms with Gasteiger partial charge in [-0.2, -0.15) is 0 Å².